The van der Waals surface area contributed by atoms with Crippen molar-refractivity contribution in [1.29, 1.82) is 0 Å². The van der Waals surface area contributed by atoms with Crippen molar-refractivity contribution in [3.05, 3.63) is 28.2 Å². The minimum atomic E-state index is -0.713. The monoisotopic (exact) mass is 258 g/mol. The number of carbonyl (C=O) groups excluding carboxylic acids is 1. The Hall–Kier alpha value is -0.770. The molecule has 0 aliphatic heterocycles. The number of benzene rings is 1. The number of carbonyl (C=O) groups is 1. The lowest BCUT2D eigenvalue weighted by atomic mass is 9.77. The molecule has 0 aromatic heterocycles. The minimum absolute atomic E-state index is 0.169. The fourth-order valence-electron chi connectivity index (χ4n) is 1.67. The molecule has 1 amide bonds. The van der Waals surface area contributed by atoms with Crippen LogP contribution in [0.4, 0.5) is 5.69 Å². The SMILES string of the molecule is NC1(C(=O)Nc2cc(Cl)cc(Cl)c2)CCC1. The Labute approximate surface area is 104 Å². The van der Waals surface area contributed by atoms with Crippen molar-refractivity contribution >= 4 is 34.8 Å². The smallest absolute Gasteiger partial charge is 0.244 e. The number of halogens is 2. The molecule has 2 rings (SSSR count). The van der Waals surface area contributed by atoms with E-state index in [9.17, 15) is 4.79 Å². The number of hydrogen-bond acceptors (Lipinski definition) is 2. The summed E-state index contributed by atoms with van der Waals surface area (Å²) in [6, 6.07) is 4.90. The molecule has 3 nitrogen and oxygen atoms in total. The second-order valence-electron chi connectivity index (χ2n) is 4.12. The van der Waals surface area contributed by atoms with E-state index in [1.165, 1.54) is 0 Å². The summed E-state index contributed by atoms with van der Waals surface area (Å²) in [6.07, 6.45) is 2.46. The van der Waals surface area contributed by atoms with Crippen LogP contribution >= 0.6 is 23.2 Å². The lowest BCUT2D eigenvalue weighted by Crippen LogP contribution is -2.56. The van der Waals surface area contributed by atoms with Crippen LogP contribution in [0.15, 0.2) is 18.2 Å². The molecule has 5 heteroatoms. The molecule has 1 fully saturated rings. The van der Waals surface area contributed by atoms with Gasteiger partial charge in [0, 0.05) is 15.7 Å². The predicted molar refractivity (Wildman–Crippen MR) is 65.9 cm³/mol. The second kappa shape index (κ2) is 4.24. The van der Waals surface area contributed by atoms with Gasteiger partial charge in [-0.1, -0.05) is 23.2 Å². The third kappa shape index (κ3) is 2.32. The van der Waals surface area contributed by atoms with Crippen molar-refractivity contribution in [2.75, 3.05) is 5.32 Å². The Morgan fingerprint density at radius 1 is 1.25 bits per heavy atom. The van der Waals surface area contributed by atoms with E-state index in [0.29, 0.717) is 15.7 Å². The zero-order valence-corrected chi connectivity index (χ0v) is 10.1. The van der Waals surface area contributed by atoms with Crippen molar-refractivity contribution in [2.45, 2.75) is 24.8 Å². The van der Waals surface area contributed by atoms with Crippen LogP contribution in [0.3, 0.4) is 0 Å². The molecule has 0 spiro atoms. The summed E-state index contributed by atoms with van der Waals surface area (Å²) in [4.78, 5) is 11.8. The molecule has 1 aromatic rings. The lowest BCUT2D eigenvalue weighted by Gasteiger charge is -2.36. The molecule has 1 aromatic carbocycles. The van der Waals surface area contributed by atoms with Gasteiger partial charge in [-0.15, -0.1) is 0 Å². The number of rotatable bonds is 2. The molecule has 1 aliphatic carbocycles. The largest absolute Gasteiger partial charge is 0.324 e. The molecule has 0 bridgehead atoms. The number of nitrogens with two attached hydrogens (primary N) is 1. The fraction of sp³-hybridized carbons (Fsp3) is 0.364. The Bertz CT molecular complexity index is 410. The van der Waals surface area contributed by atoms with Gasteiger partial charge in [-0.3, -0.25) is 4.79 Å². The Morgan fingerprint density at radius 2 is 1.81 bits per heavy atom. The average molecular weight is 259 g/mol. The van der Waals surface area contributed by atoms with Gasteiger partial charge in [0.1, 0.15) is 0 Å². The summed E-state index contributed by atoms with van der Waals surface area (Å²) in [5, 5.41) is 3.71. The number of amides is 1. The van der Waals surface area contributed by atoms with Crippen LogP contribution in [0.5, 0.6) is 0 Å². The third-order valence-corrected chi connectivity index (χ3v) is 3.25. The molecule has 0 unspecified atom stereocenters. The number of nitrogens with one attached hydrogen (secondary N) is 1. The molecule has 16 heavy (non-hydrogen) atoms. The minimum Gasteiger partial charge on any atom is -0.324 e. The molecule has 0 heterocycles. The van der Waals surface area contributed by atoms with Gasteiger partial charge in [-0.2, -0.15) is 0 Å². The van der Waals surface area contributed by atoms with Crippen molar-refractivity contribution in [3.63, 3.8) is 0 Å². The van der Waals surface area contributed by atoms with E-state index in [2.05, 4.69) is 5.32 Å². The van der Waals surface area contributed by atoms with Crippen molar-refractivity contribution in [1.82, 2.24) is 0 Å². The van der Waals surface area contributed by atoms with Gasteiger partial charge in [0.15, 0.2) is 0 Å². The van der Waals surface area contributed by atoms with Gasteiger partial charge < -0.3 is 11.1 Å². The van der Waals surface area contributed by atoms with Crippen LogP contribution in [-0.2, 0) is 4.79 Å². The van der Waals surface area contributed by atoms with Crippen LogP contribution in [0.1, 0.15) is 19.3 Å². The van der Waals surface area contributed by atoms with Gasteiger partial charge in [0.25, 0.3) is 0 Å². The first-order valence-electron chi connectivity index (χ1n) is 5.06. The van der Waals surface area contributed by atoms with Crippen LogP contribution in [0.25, 0.3) is 0 Å². The highest BCUT2D eigenvalue weighted by atomic mass is 35.5. The van der Waals surface area contributed by atoms with E-state index in [1.54, 1.807) is 18.2 Å². The standard InChI is InChI=1S/C11H12Cl2N2O/c12-7-4-8(13)6-9(5-7)15-10(16)11(14)2-1-3-11/h4-6H,1-3,14H2,(H,15,16). The number of anilines is 1. The van der Waals surface area contributed by atoms with Crippen LogP contribution in [0.2, 0.25) is 10.0 Å². The Kier molecular flexibility index (Phi) is 3.10. The molecule has 86 valence electrons. The van der Waals surface area contributed by atoms with E-state index in [-0.39, 0.29) is 5.91 Å². The Morgan fingerprint density at radius 3 is 2.25 bits per heavy atom. The van der Waals surface area contributed by atoms with E-state index < -0.39 is 5.54 Å². The molecule has 0 radical (unpaired) electrons. The van der Waals surface area contributed by atoms with Gasteiger partial charge in [0.05, 0.1) is 5.54 Å². The summed E-state index contributed by atoms with van der Waals surface area (Å²) in [6.45, 7) is 0. The molecule has 0 atom stereocenters. The average Bonchev–Trinajstić information content (AvgIpc) is 2.12. The highest BCUT2D eigenvalue weighted by molar-refractivity contribution is 6.35. The van der Waals surface area contributed by atoms with E-state index in [4.69, 9.17) is 28.9 Å². The molecular formula is C11H12Cl2N2O. The van der Waals surface area contributed by atoms with E-state index in [0.717, 1.165) is 19.3 Å². The molecular weight excluding hydrogens is 247 g/mol. The molecule has 0 saturated heterocycles. The summed E-state index contributed by atoms with van der Waals surface area (Å²) < 4.78 is 0. The van der Waals surface area contributed by atoms with Gasteiger partial charge in [-0.25, -0.2) is 0 Å². The predicted octanol–water partition coefficient (Wildman–Crippen LogP) is 2.81. The first-order valence-corrected chi connectivity index (χ1v) is 5.82. The highest BCUT2D eigenvalue weighted by Crippen LogP contribution is 2.31. The number of hydrogen-bond donors (Lipinski definition) is 2. The maximum Gasteiger partial charge on any atom is 0.244 e. The topological polar surface area (TPSA) is 55.1 Å². The summed E-state index contributed by atoms with van der Waals surface area (Å²) in [5.74, 6) is -0.169. The van der Waals surface area contributed by atoms with Crippen LogP contribution < -0.4 is 11.1 Å². The maximum atomic E-state index is 11.8. The van der Waals surface area contributed by atoms with E-state index in [1.807, 2.05) is 0 Å². The summed E-state index contributed by atoms with van der Waals surface area (Å²) in [7, 11) is 0. The van der Waals surface area contributed by atoms with E-state index >= 15 is 0 Å². The summed E-state index contributed by atoms with van der Waals surface area (Å²) >= 11 is 11.7. The lowest BCUT2D eigenvalue weighted by molar-refractivity contribution is -0.123. The zero-order chi connectivity index (χ0) is 11.8. The first-order chi connectivity index (χ1) is 7.49. The van der Waals surface area contributed by atoms with Crippen molar-refractivity contribution in [3.8, 4) is 0 Å². The van der Waals surface area contributed by atoms with Gasteiger partial charge in [-0.05, 0) is 37.5 Å². The second-order valence-corrected chi connectivity index (χ2v) is 4.99. The van der Waals surface area contributed by atoms with Crippen LogP contribution in [-0.4, -0.2) is 11.4 Å². The first kappa shape index (κ1) is 11.7. The van der Waals surface area contributed by atoms with Crippen molar-refractivity contribution in [2.24, 2.45) is 5.73 Å². The quantitative estimate of drug-likeness (QED) is 0.858. The molecule has 3 N–H and O–H groups in total. The van der Waals surface area contributed by atoms with Crippen LogP contribution in [0, 0.1) is 0 Å². The van der Waals surface area contributed by atoms with Crippen molar-refractivity contribution < 1.29 is 4.79 Å². The molecule has 1 saturated carbocycles. The van der Waals surface area contributed by atoms with Gasteiger partial charge >= 0.3 is 0 Å². The molecule has 1 aliphatic rings. The third-order valence-electron chi connectivity index (χ3n) is 2.82. The maximum absolute atomic E-state index is 11.8. The Balaban J connectivity index is 2.11. The highest BCUT2D eigenvalue weighted by Gasteiger charge is 2.40. The summed E-state index contributed by atoms with van der Waals surface area (Å²) in [5.41, 5.74) is 5.76. The zero-order valence-electron chi connectivity index (χ0n) is 8.59. The normalized spacial score (nSPS) is 17.7. The fourth-order valence-corrected chi connectivity index (χ4v) is 2.19. The van der Waals surface area contributed by atoms with Gasteiger partial charge in [0.2, 0.25) is 5.91 Å².